The normalized spacial score (nSPS) is 11.5. The van der Waals surface area contributed by atoms with Crippen LogP contribution >= 0.6 is 0 Å². The molecule has 6 heteroatoms. The van der Waals surface area contributed by atoms with E-state index in [0.717, 1.165) is 13.0 Å². The summed E-state index contributed by atoms with van der Waals surface area (Å²) in [7, 11) is 0. The highest BCUT2D eigenvalue weighted by Crippen LogP contribution is 2.20. The summed E-state index contributed by atoms with van der Waals surface area (Å²) >= 11 is 0. The van der Waals surface area contributed by atoms with Gasteiger partial charge in [0, 0.05) is 6.54 Å². The predicted molar refractivity (Wildman–Crippen MR) is 74.8 cm³/mol. The number of nitrogens with one attached hydrogen (secondary N) is 1. The largest absolute Gasteiger partial charge is 0.461 e. The van der Waals surface area contributed by atoms with E-state index in [4.69, 9.17) is 9.47 Å². The molecule has 1 aromatic heterocycles. The maximum absolute atomic E-state index is 5.78. The maximum atomic E-state index is 5.78. The van der Waals surface area contributed by atoms with Crippen LogP contribution in [0.4, 0.5) is 5.95 Å². The lowest BCUT2D eigenvalue weighted by Crippen LogP contribution is -2.28. The van der Waals surface area contributed by atoms with Crippen LogP contribution in [0.1, 0.15) is 48.0 Å². The summed E-state index contributed by atoms with van der Waals surface area (Å²) in [5.41, 5.74) is -0.320. The number of anilines is 1. The zero-order chi connectivity index (χ0) is 14.5. The minimum atomic E-state index is -0.320. The van der Waals surface area contributed by atoms with Gasteiger partial charge in [-0.15, -0.1) is 4.98 Å². The van der Waals surface area contributed by atoms with Gasteiger partial charge in [0.25, 0.3) is 0 Å². The molecule has 6 nitrogen and oxygen atoms in total. The Labute approximate surface area is 115 Å². The first kappa shape index (κ1) is 15.5. The second kappa shape index (κ2) is 6.54. The second-order valence-electron chi connectivity index (χ2n) is 5.14. The van der Waals surface area contributed by atoms with Crippen molar-refractivity contribution in [1.29, 1.82) is 0 Å². The lowest BCUT2D eigenvalue weighted by Gasteiger charge is -2.23. The molecule has 0 aliphatic carbocycles. The Morgan fingerprint density at radius 3 is 2.26 bits per heavy atom. The van der Waals surface area contributed by atoms with Crippen LogP contribution in [0.2, 0.25) is 0 Å². The van der Waals surface area contributed by atoms with Crippen LogP contribution in [-0.4, -0.2) is 33.2 Å². The van der Waals surface area contributed by atoms with Gasteiger partial charge in [0.2, 0.25) is 5.95 Å². The van der Waals surface area contributed by atoms with Crippen LogP contribution in [0.15, 0.2) is 0 Å². The van der Waals surface area contributed by atoms with Crippen LogP contribution in [-0.2, 0) is 0 Å². The van der Waals surface area contributed by atoms with Gasteiger partial charge in [-0.05, 0) is 41.0 Å². The van der Waals surface area contributed by atoms with Crippen molar-refractivity contribution in [2.75, 3.05) is 11.9 Å². The molecule has 108 valence electrons. The Balaban J connectivity index is 2.98. The molecule has 19 heavy (non-hydrogen) atoms. The van der Waals surface area contributed by atoms with Gasteiger partial charge in [-0.2, -0.15) is 9.97 Å². The van der Waals surface area contributed by atoms with Crippen molar-refractivity contribution < 1.29 is 9.47 Å². The highest BCUT2D eigenvalue weighted by atomic mass is 16.5. The first-order chi connectivity index (χ1) is 8.86. The summed E-state index contributed by atoms with van der Waals surface area (Å²) in [4.78, 5) is 12.6. The molecular formula is C13H24N4O2. The highest BCUT2D eigenvalue weighted by molar-refractivity contribution is 5.27. The summed E-state index contributed by atoms with van der Waals surface area (Å²) in [6, 6.07) is 0.566. The molecule has 0 spiro atoms. The molecule has 0 aliphatic rings. The molecule has 0 aliphatic heterocycles. The Morgan fingerprint density at radius 1 is 1.11 bits per heavy atom. The van der Waals surface area contributed by atoms with Crippen molar-refractivity contribution in [3.8, 4) is 12.0 Å². The van der Waals surface area contributed by atoms with Gasteiger partial charge in [0.05, 0.1) is 6.10 Å². The van der Waals surface area contributed by atoms with Crippen molar-refractivity contribution in [2.24, 2.45) is 0 Å². The number of hydrogen-bond acceptors (Lipinski definition) is 6. The van der Waals surface area contributed by atoms with Crippen LogP contribution in [0.25, 0.3) is 0 Å². The van der Waals surface area contributed by atoms with Gasteiger partial charge >= 0.3 is 12.0 Å². The Kier molecular flexibility index (Phi) is 5.32. The lowest BCUT2D eigenvalue weighted by molar-refractivity contribution is 0.0899. The molecule has 0 saturated carbocycles. The first-order valence-electron chi connectivity index (χ1n) is 6.72. The first-order valence-corrected chi connectivity index (χ1v) is 6.72. The molecule has 1 N–H and O–H groups in total. The van der Waals surface area contributed by atoms with Crippen LogP contribution in [0.3, 0.4) is 0 Å². The Hall–Kier alpha value is -1.59. The topological polar surface area (TPSA) is 69.2 Å². The maximum Gasteiger partial charge on any atom is 0.324 e. The standard InChI is InChI=1S/C13H24N4O2/c1-7-13(5,6)19-12-16-10(14-8-2)15-11(17-12)18-9(3)4/h9H,7-8H2,1-6H3,(H,14,15,16,17). The van der Waals surface area contributed by atoms with Gasteiger partial charge in [0.1, 0.15) is 5.60 Å². The fourth-order valence-corrected chi connectivity index (χ4v) is 1.20. The number of ether oxygens (including phenoxy) is 2. The summed E-state index contributed by atoms with van der Waals surface area (Å²) in [5, 5.41) is 3.04. The lowest BCUT2D eigenvalue weighted by atomic mass is 10.1. The molecule has 0 amide bonds. The third-order valence-corrected chi connectivity index (χ3v) is 2.49. The van der Waals surface area contributed by atoms with Crippen LogP contribution in [0.5, 0.6) is 12.0 Å². The van der Waals surface area contributed by atoms with Crippen molar-refractivity contribution in [3.63, 3.8) is 0 Å². The van der Waals surface area contributed by atoms with E-state index in [2.05, 4.69) is 27.2 Å². The molecule has 0 bridgehead atoms. The van der Waals surface area contributed by atoms with Crippen molar-refractivity contribution >= 4 is 5.95 Å². The molecule has 0 fully saturated rings. The molecule has 1 rings (SSSR count). The molecule has 1 aromatic rings. The van der Waals surface area contributed by atoms with Crippen LogP contribution < -0.4 is 14.8 Å². The van der Waals surface area contributed by atoms with Gasteiger partial charge in [-0.1, -0.05) is 6.92 Å². The molecule has 0 atom stereocenters. The summed E-state index contributed by atoms with van der Waals surface area (Å²) in [6.45, 7) is 12.6. The average molecular weight is 268 g/mol. The fraction of sp³-hybridized carbons (Fsp3) is 0.769. The van der Waals surface area contributed by atoms with Crippen molar-refractivity contribution in [2.45, 2.75) is 59.7 Å². The molecule has 1 heterocycles. The quantitative estimate of drug-likeness (QED) is 0.820. The van der Waals surface area contributed by atoms with E-state index in [-0.39, 0.29) is 23.7 Å². The number of rotatable bonds is 7. The smallest absolute Gasteiger partial charge is 0.324 e. The van der Waals surface area contributed by atoms with E-state index >= 15 is 0 Å². The van der Waals surface area contributed by atoms with E-state index < -0.39 is 0 Å². The van der Waals surface area contributed by atoms with E-state index in [1.165, 1.54) is 0 Å². The van der Waals surface area contributed by atoms with Gasteiger partial charge in [0.15, 0.2) is 0 Å². The highest BCUT2D eigenvalue weighted by Gasteiger charge is 2.20. The molecule has 0 saturated heterocycles. The Bertz CT molecular complexity index is 408. The zero-order valence-corrected chi connectivity index (χ0v) is 12.6. The molecule has 0 radical (unpaired) electrons. The third-order valence-electron chi connectivity index (χ3n) is 2.49. The summed E-state index contributed by atoms with van der Waals surface area (Å²) < 4.78 is 11.3. The number of nitrogens with zero attached hydrogens (tertiary/aromatic N) is 3. The average Bonchev–Trinajstić information content (AvgIpc) is 2.27. The van der Waals surface area contributed by atoms with Gasteiger partial charge in [-0.25, -0.2) is 0 Å². The zero-order valence-electron chi connectivity index (χ0n) is 12.6. The minimum Gasteiger partial charge on any atom is -0.461 e. The molecule has 0 aromatic carbocycles. The van der Waals surface area contributed by atoms with E-state index in [0.29, 0.717) is 5.95 Å². The Morgan fingerprint density at radius 2 is 1.74 bits per heavy atom. The predicted octanol–water partition coefficient (Wildman–Crippen LogP) is 2.66. The molecule has 0 unspecified atom stereocenters. The number of hydrogen-bond donors (Lipinski definition) is 1. The van der Waals surface area contributed by atoms with E-state index in [1.54, 1.807) is 0 Å². The molecular weight excluding hydrogens is 244 g/mol. The van der Waals surface area contributed by atoms with E-state index in [1.807, 2.05) is 34.6 Å². The van der Waals surface area contributed by atoms with E-state index in [9.17, 15) is 0 Å². The fourth-order valence-electron chi connectivity index (χ4n) is 1.20. The third kappa shape index (κ3) is 5.28. The van der Waals surface area contributed by atoms with Gasteiger partial charge < -0.3 is 14.8 Å². The van der Waals surface area contributed by atoms with Gasteiger partial charge in [-0.3, -0.25) is 0 Å². The monoisotopic (exact) mass is 268 g/mol. The summed E-state index contributed by atoms with van der Waals surface area (Å²) in [6.07, 6.45) is 0.860. The number of aromatic nitrogens is 3. The summed E-state index contributed by atoms with van der Waals surface area (Å²) in [5.74, 6) is 0.468. The minimum absolute atomic E-state index is 0.00362. The second-order valence-corrected chi connectivity index (χ2v) is 5.14. The van der Waals surface area contributed by atoms with Crippen molar-refractivity contribution in [1.82, 2.24) is 15.0 Å². The SMILES string of the molecule is CCNc1nc(OC(C)C)nc(OC(C)(C)CC)n1. The van der Waals surface area contributed by atoms with Crippen LogP contribution in [0, 0.1) is 0 Å². The van der Waals surface area contributed by atoms with Crippen molar-refractivity contribution in [3.05, 3.63) is 0 Å².